The van der Waals surface area contributed by atoms with Crippen LogP contribution in [0.15, 0.2) is 42.5 Å². The monoisotopic (exact) mass is 556 g/mol. The van der Waals surface area contributed by atoms with Crippen molar-refractivity contribution in [3.8, 4) is 11.5 Å². The number of unbranched alkanes of at least 4 members (excludes halogenated alkanes) is 10. The van der Waals surface area contributed by atoms with Crippen molar-refractivity contribution < 1.29 is 28.2 Å². The van der Waals surface area contributed by atoms with Crippen molar-refractivity contribution in [3.63, 3.8) is 0 Å². The Balaban J connectivity index is 1.67. The second-order valence-corrected chi connectivity index (χ2v) is 10.7. The van der Waals surface area contributed by atoms with Crippen molar-refractivity contribution in [1.29, 1.82) is 0 Å². The number of halogens is 1. The highest BCUT2D eigenvalue weighted by atomic mass is 19.1. The smallest absolute Gasteiger partial charge is 0.343 e. The first kappa shape index (κ1) is 33.3. The minimum atomic E-state index is -0.786. The Hall–Kier alpha value is -2.89. The Morgan fingerprint density at radius 3 is 1.95 bits per heavy atom. The van der Waals surface area contributed by atoms with Crippen LogP contribution in [0.5, 0.6) is 11.5 Å². The number of carbonyl (C=O) groups excluding carboxylic acids is 2. The fraction of sp³-hybridized carbons (Fsp3) is 0.588. The largest absolute Gasteiger partial charge is 0.494 e. The SMILES string of the molecule is CCCCCCCCCCCCOc1ccc(C(=O)Oc2ccc(C(=O)OCCCCC(C)CC)c(F)c2)cc1. The standard InChI is InChI=1S/C34H49FO5/c1-4-6-7-8-9-10-11-12-13-15-24-38-29-20-18-28(19-21-29)33(36)40-30-22-23-31(32(35)26-30)34(37)39-25-16-14-17-27(3)5-2/h18-23,26-27H,4-17,24-25H2,1-3H3. The third-order valence-electron chi connectivity index (χ3n) is 7.25. The predicted octanol–water partition coefficient (Wildman–Crippen LogP) is 9.72. The highest BCUT2D eigenvalue weighted by molar-refractivity contribution is 5.92. The lowest BCUT2D eigenvalue weighted by Crippen LogP contribution is -2.11. The van der Waals surface area contributed by atoms with Crippen molar-refractivity contribution in [2.45, 2.75) is 111 Å². The number of benzene rings is 2. The molecule has 2 aromatic carbocycles. The molecule has 0 N–H and O–H groups in total. The van der Waals surface area contributed by atoms with Gasteiger partial charge in [0.05, 0.1) is 24.3 Å². The van der Waals surface area contributed by atoms with Gasteiger partial charge in [-0.1, -0.05) is 91.4 Å². The number of rotatable bonds is 21. The van der Waals surface area contributed by atoms with Gasteiger partial charge in [-0.25, -0.2) is 14.0 Å². The molecule has 2 rings (SSSR count). The van der Waals surface area contributed by atoms with E-state index in [9.17, 15) is 14.0 Å². The molecule has 0 bridgehead atoms. The highest BCUT2D eigenvalue weighted by Gasteiger charge is 2.16. The van der Waals surface area contributed by atoms with Crippen LogP contribution in [0.3, 0.4) is 0 Å². The van der Waals surface area contributed by atoms with Crippen LogP contribution in [0.25, 0.3) is 0 Å². The topological polar surface area (TPSA) is 61.8 Å². The van der Waals surface area contributed by atoms with Gasteiger partial charge in [0.1, 0.15) is 17.3 Å². The van der Waals surface area contributed by atoms with E-state index >= 15 is 0 Å². The molecule has 6 heteroatoms. The molecular formula is C34H49FO5. The zero-order chi connectivity index (χ0) is 29.0. The van der Waals surface area contributed by atoms with Crippen molar-refractivity contribution in [2.75, 3.05) is 13.2 Å². The molecule has 0 fully saturated rings. The van der Waals surface area contributed by atoms with E-state index in [1.54, 1.807) is 24.3 Å². The minimum Gasteiger partial charge on any atom is -0.494 e. The van der Waals surface area contributed by atoms with Crippen molar-refractivity contribution in [3.05, 3.63) is 59.4 Å². The first-order valence-corrected chi connectivity index (χ1v) is 15.4. The first-order valence-electron chi connectivity index (χ1n) is 15.4. The summed E-state index contributed by atoms with van der Waals surface area (Å²) in [5, 5.41) is 0. The maximum atomic E-state index is 14.5. The van der Waals surface area contributed by atoms with Gasteiger partial charge in [0.25, 0.3) is 0 Å². The summed E-state index contributed by atoms with van der Waals surface area (Å²) in [6.45, 7) is 7.49. The molecule has 0 aromatic heterocycles. The van der Waals surface area contributed by atoms with Gasteiger partial charge in [0, 0.05) is 6.07 Å². The van der Waals surface area contributed by atoms with Gasteiger partial charge in [-0.05, 0) is 61.6 Å². The number of ether oxygens (including phenoxy) is 3. The van der Waals surface area contributed by atoms with E-state index in [0.717, 1.165) is 44.6 Å². The maximum absolute atomic E-state index is 14.5. The lowest BCUT2D eigenvalue weighted by molar-refractivity contribution is 0.0491. The Labute approximate surface area is 240 Å². The molecule has 2 aromatic rings. The molecular weight excluding hydrogens is 507 g/mol. The van der Waals surface area contributed by atoms with Crippen LogP contribution in [0.1, 0.15) is 131 Å². The van der Waals surface area contributed by atoms with Gasteiger partial charge >= 0.3 is 11.9 Å². The molecule has 40 heavy (non-hydrogen) atoms. The van der Waals surface area contributed by atoms with E-state index < -0.39 is 17.8 Å². The molecule has 0 amide bonds. The fourth-order valence-electron chi connectivity index (χ4n) is 4.40. The van der Waals surface area contributed by atoms with Crippen LogP contribution in [-0.2, 0) is 4.74 Å². The Bertz CT molecular complexity index is 988. The molecule has 0 spiro atoms. The van der Waals surface area contributed by atoms with Crippen LogP contribution in [0.4, 0.5) is 4.39 Å². The van der Waals surface area contributed by atoms with Gasteiger partial charge in [-0.15, -0.1) is 0 Å². The molecule has 0 aliphatic heterocycles. The Morgan fingerprint density at radius 2 is 1.32 bits per heavy atom. The molecule has 0 aliphatic carbocycles. The molecule has 0 radical (unpaired) electrons. The zero-order valence-corrected chi connectivity index (χ0v) is 24.9. The van der Waals surface area contributed by atoms with E-state index in [1.165, 1.54) is 63.5 Å². The average molecular weight is 557 g/mol. The van der Waals surface area contributed by atoms with Gasteiger partial charge < -0.3 is 14.2 Å². The predicted molar refractivity (Wildman–Crippen MR) is 159 cm³/mol. The number of esters is 2. The van der Waals surface area contributed by atoms with Gasteiger partial charge in [-0.3, -0.25) is 0 Å². The number of hydrogen-bond acceptors (Lipinski definition) is 5. The molecule has 222 valence electrons. The minimum absolute atomic E-state index is 0.0221. The summed E-state index contributed by atoms with van der Waals surface area (Å²) in [7, 11) is 0. The summed E-state index contributed by atoms with van der Waals surface area (Å²) >= 11 is 0. The Morgan fingerprint density at radius 1 is 0.725 bits per heavy atom. The quantitative estimate of drug-likeness (QED) is 0.0870. The van der Waals surface area contributed by atoms with E-state index in [1.807, 2.05) is 0 Å². The molecule has 0 aliphatic rings. The number of hydrogen-bond donors (Lipinski definition) is 0. The second-order valence-electron chi connectivity index (χ2n) is 10.7. The van der Waals surface area contributed by atoms with Crippen molar-refractivity contribution in [1.82, 2.24) is 0 Å². The number of carbonyl (C=O) groups is 2. The average Bonchev–Trinajstić information content (AvgIpc) is 2.95. The normalized spacial score (nSPS) is 11.7. The molecule has 5 nitrogen and oxygen atoms in total. The summed E-state index contributed by atoms with van der Waals surface area (Å²) in [5.41, 5.74) is 0.151. The maximum Gasteiger partial charge on any atom is 0.343 e. The van der Waals surface area contributed by atoms with Gasteiger partial charge in [0.2, 0.25) is 0 Å². The van der Waals surface area contributed by atoms with Crippen molar-refractivity contribution >= 4 is 11.9 Å². The van der Waals surface area contributed by atoms with Crippen molar-refractivity contribution in [2.24, 2.45) is 5.92 Å². The second kappa shape index (κ2) is 20.1. The fourth-order valence-corrected chi connectivity index (χ4v) is 4.40. The van der Waals surface area contributed by atoms with Gasteiger partial charge in [-0.2, -0.15) is 0 Å². The van der Waals surface area contributed by atoms with Crippen LogP contribution < -0.4 is 9.47 Å². The highest BCUT2D eigenvalue weighted by Crippen LogP contribution is 2.21. The summed E-state index contributed by atoms with van der Waals surface area (Å²) in [4.78, 5) is 24.7. The summed E-state index contributed by atoms with van der Waals surface area (Å²) in [5.74, 6) is -0.751. The lowest BCUT2D eigenvalue weighted by atomic mass is 10.0. The lowest BCUT2D eigenvalue weighted by Gasteiger charge is -2.10. The summed E-state index contributed by atoms with van der Waals surface area (Å²) in [6.07, 6.45) is 16.7. The molecule has 0 heterocycles. The third-order valence-corrected chi connectivity index (χ3v) is 7.25. The van der Waals surface area contributed by atoms with Crippen LogP contribution in [-0.4, -0.2) is 25.2 Å². The van der Waals surface area contributed by atoms with Crippen LogP contribution in [0.2, 0.25) is 0 Å². The molecule has 0 saturated carbocycles. The van der Waals surface area contributed by atoms with Gasteiger partial charge in [0.15, 0.2) is 0 Å². The first-order chi connectivity index (χ1) is 19.4. The van der Waals surface area contributed by atoms with E-state index in [2.05, 4.69) is 20.8 Å². The summed E-state index contributed by atoms with van der Waals surface area (Å²) < 4.78 is 30.8. The molecule has 1 atom stereocenters. The van der Waals surface area contributed by atoms with Crippen LogP contribution >= 0.6 is 0 Å². The Kier molecular flexibility index (Phi) is 16.7. The van der Waals surface area contributed by atoms with E-state index in [0.29, 0.717) is 23.8 Å². The van der Waals surface area contributed by atoms with E-state index in [4.69, 9.17) is 14.2 Å². The van der Waals surface area contributed by atoms with E-state index in [-0.39, 0.29) is 17.9 Å². The molecule has 1 unspecified atom stereocenters. The molecule has 0 saturated heterocycles. The zero-order valence-electron chi connectivity index (χ0n) is 24.9. The summed E-state index contributed by atoms with van der Waals surface area (Å²) in [6, 6.07) is 10.4. The third kappa shape index (κ3) is 13.5. The van der Waals surface area contributed by atoms with Crippen LogP contribution in [0, 0.1) is 11.7 Å².